The van der Waals surface area contributed by atoms with Gasteiger partial charge in [-0.05, 0) is 89.6 Å². The summed E-state index contributed by atoms with van der Waals surface area (Å²) in [4.78, 5) is 17.4. The topological polar surface area (TPSA) is 132 Å². The van der Waals surface area contributed by atoms with Gasteiger partial charge in [-0.25, -0.2) is 19.9 Å². The third-order valence-electron chi connectivity index (χ3n) is 8.94. The van der Waals surface area contributed by atoms with Crippen LogP contribution in [0, 0.1) is 0 Å². The molecule has 54 heavy (non-hydrogen) atoms. The highest BCUT2D eigenvalue weighted by Gasteiger charge is 2.24. The van der Waals surface area contributed by atoms with Crippen molar-refractivity contribution in [2.24, 2.45) is 0 Å². The van der Waals surface area contributed by atoms with Crippen LogP contribution in [0.1, 0.15) is 41.5 Å². The number of ether oxygens (including phenoxy) is 2. The number of hydrogen-bond acceptors (Lipinski definition) is 8. The normalized spacial score (nSPS) is 11.7. The van der Waals surface area contributed by atoms with Crippen LogP contribution in [-0.4, -0.2) is 29.1 Å². The van der Waals surface area contributed by atoms with E-state index in [1.54, 1.807) is 0 Å². The molecule has 0 unspecified atom stereocenters. The van der Waals surface area contributed by atoms with Crippen LogP contribution in [0.4, 0.5) is 11.6 Å². The standard InChI is InChI=1S/2C22H22N4O/c1-22(2,3)26-13-18(19-20(23)24-14-25-21(19)26)15-8-7-11-17(12-15)27-16-9-5-4-6-10-16;1-22(2,3)26-13-17(19-20(23)24-14-25-21(19)26)16-11-7-8-12-18(16)27-15-9-5-4-6-10-15/h2*4-14H,1-3H3,(H2,23,24,25). The summed E-state index contributed by atoms with van der Waals surface area (Å²) in [6, 6.07) is 35.4. The van der Waals surface area contributed by atoms with Crippen LogP contribution >= 0.6 is 0 Å². The minimum absolute atomic E-state index is 0.130. The monoisotopic (exact) mass is 716 g/mol. The third kappa shape index (κ3) is 7.31. The molecule has 0 aliphatic heterocycles. The first kappa shape index (κ1) is 35.7. The van der Waals surface area contributed by atoms with Gasteiger partial charge in [0.15, 0.2) is 0 Å². The van der Waals surface area contributed by atoms with E-state index in [1.165, 1.54) is 12.7 Å². The Kier molecular flexibility index (Phi) is 9.51. The van der Waals surface area contributed by atoms with Crippen molar-refractivity contribution in [2.45, 2.75) is 52.6 Å². The molecule has 0 spiro atoms. The molecule has 0 atom stereocenters. The van der Waals surface area contributed by atoms with Crippen LogP contribution in [0.2, 0.25) is 0 Å². The van der Waals surface area contributed by atoms with Gasteiger partial charge in [0.25, 0.3) is 0 Å². The Morgan fingerprint density at radius 2 is 0.963 bits per heavy atom. The number of fused-ring (bicyclic) bond motifs is 2. The molecule has 272 valence electrons. The lowest BCUT2D eigenvalue weighted by Gasteiger charge is -2.21. The largest absolute Gasteiger partial charge is 0.457 e. The van der Waals surface area contributed by atoms with Crippen LogP contribution in [0.25, 0.3) is 44.3 Å². The van der Waals surface area contributed by atoms with E-state index in [9.17, 15) is 0 Å². The molecular formula is C44H44N8O2. The van der Waals surface area contributed by atoms with Crippen molar-refractivity contribution in [1.82, 2.24) is 29.1 Å². The molecule has 10 nitrogen and oxygen atoms in total. The number of nitrogens with two attached hydrogens (primary N) is 2. The zero-order chi connectivity index (χ0) is 38.0. The molecule has 0 fully saturated rings. The summed E-state index contributed by atoms with van der Waals surface area (Å²) in [6.45, 7) is 12.8. The lowest BCUT2D eigenvalue weighted by atomic mass is 10.0. The van der Waals surface area contributed by atoms with Crippen molar-refractivity contribution < 1.29 is 9.47 Å². The van der Waals surface area contributed by atoms with E-state index in [0.29, 0.717) is 11.6 Å². The molecule has 0 radical (unpaired) electrons. The Labute approximate surface area is 315 Å². The van der Waals surface area contributed by atoms with Crippen molar-refractivity contribution in [2.75, 3.05) is 11.5 Å². The van der Waals surface area contributed by atoms with Gasteiger partial charge in [0.05, 0.1) is 10.8 Å². The zero-order valence-electron chi connectivity index (χ0n) is 31.4. The quantitative estimate of drug-likeness (QED) is 0.174. The highest BCUT2D eigenvalue weighted by Crippen LogP contribution is 2.41. The lowest BCUT2D eigenvalue weighted by molar-refractivity contribution is 0.408. The van der Waals surface area contributed by atoms with Gasteiger partial charge in [-0.15, -0.1) is 0 Å². The fourth-order valence-corrected chi connectivity index (χ4v) is 6.36. The smallest absolute Gasteiger partial charge is 0.146 e. The Balaban J connectivity index is 0.000000167. The zero-order valence-corrected chi connectivity index (χ0v) is 31.4. The minimum atomic E-state index is -0.146. The van der Waals surface area contributed by atoms with Crippen molar-refractivity contribution >= 4 is 33.7 Å². The molecule has 0 bridgehead atoms. The van der Waals surface area contributed by atoms with Crippen molar-refractivity contribution in [3.63, 3.8) is 0 Å². The first-order valence-corrected chi connectivity index (χ1v) is 17.8. The molecular weight excluding hydrogens is 673 g/mol. The summed E-state index contributed by atoms with van der Waals surface area (Å²) < 4.78 is 16.4. The van der Waals surface area contributed by atoms with Crippen LogP contribution in [0.3, 0.4) is 0 Å². The van der Waals surface area contributed by atoms with Crippen LogP contribution < -0.4 is 20.9 Å². The number of aromatic nitrogens is 6. The number of nitrogens with zero attached hydrogens (tertiary/aromatic N) is 6. The molecule has 4 aromatic carbocycles. The van der Waals surface area contributed by atoms with E-state index in [0.717, 1.165) is 67.3 Å². The maximum atomic E-state index is 6.25. The average molecular weight is 717 g/mol. The first-order chi connectivity index (χ1) is 25.9. The van der Waals surface area contributed by atoms with Crippen LogP contribution in [0.15, 0.2) is 134 Å². The van der Waals surface area contributed by atoms with Gasteiger partial charge in [-0.3, -0.25) is 0 Å². The molecule has 0 saturated carbocycles. The summed E-state index contributed by atoms with van der Waals surface area (Å²) in [5.41, 5.74) is 17.8. The number of para-hydroxylation sites is 3. The molecule has 4 N–H and O–H groups in total. The molecule has 10 heteroatoms. The predicted octanol–water partition coefficient (Wildman–Crippen LogP) is 10.5. The fourth-order valence-electron chi connectivity index (χ4n) is 6.36. The second-order valence-corrected chi connectivity index (χ2v) is 14.9. The molecule has 0 aliphatic carbocycles. The van der Waals surface area contributed by atoms with Gasteiger partial charge in [0.1, 0.15) is 58.6 Å². The molecule has 0 saturated heterocycles. The highest BCUT2D eigenvalue weighted by molar-refractivity contribution is 6.02. The van der Waals surface area contributed by atoms with Crippen molar-refractivity contribution in [1.29, 1.82) is 0 Å². The maximum Gasteiger partial charge on any atom is 0.146 e. The summed E-state index contributed by atoms with van der Waals surface area (Å²) in [7, 11) is 0. The second kappa shape index (κ2) is 14.4. The maximum absolute atomic E-state index is 6.25. The fraction of sp³-hybridized carbons (Fsp3) is 0.182. The summed E-state index contributed by atoms with van der Waals surface area (Å²) >= 11 is 0. The van der Waals surface area contributed by atoms with Gasteiger partial charge >= 0.3 is 0 Å². The van der Waals surface area contributed by atoms with Gasteiger partial charge in [0, 0.05) is 40.2 Å². The van der Waals surface area contributed by atoms with Gasteiger partial charge in [-0.2, -0.15) is 0 Å². The summed E-state index contributed by atoms with van der Waals surface area (Å²) in [5.74, 6) is 4.06. The SMILES string of the molecule is CC(C)(C)n1cc(-c2cccc(Oc3ccccc3)c2)c2c(N)ncnc21.CC(C)(C)n1cc(-c2ccccc2Oc2ccccc2)c2c(N)ncnc21. The molecule has 4 heterocycles. The third-order valence-corrected chi connectivity index (χ3v) is 8.94. The van der Waals surface area contributed by atoms with Crippen molar-refractivity contribution in [3.05, 3.63) is 134 Å². The Hall–Kier alpha value is -6.68. The first-order valence-electron chi connectivity index (χ1n) is 17.8. The number of hydrogen-bond donors (Lipinski definition) is 2. The van der Waals surface area contributed by atoms with E-state index in [1.807, 2.05) is 109 Å². The number of anilines is 2. The van der Waals surface area contributed by atoms with Crippen molar-refractivity contribution in [3.8, 4) is 45.3 Å². The van der Waals surface area contributed by atoms with Crippen LogP contribution in [0.5, 0.6) is 23.0 Å². The van der Waals surface area contributed by atoms with Gasteiger partial charge in [0.2, 0.25) is 0 Å². The second-order valence-electron chi connectivity index (χ2n) is 14.9. The number of benzene rings is 4. The molecule has 4 aromatic heterocycles. The van der Waals surface area contributed by atoms with Gasteiger partial charge in [-0.1, -0.05) is 66.7 Å². The van der Waals surface area contributed by atoms with E-state index in [-0.39, 0.29) is 11.1 Å². The Bertz CT molecular complexity index is 2550. The van der Waals surface area contributed by atoms with E-state index in [2.05, 4.69) is 83.0 Å². The van der Waals surface area contributed by atoms with Gasteiger partial charge < -0.3 is 30.1 Å². The van der Waals surface area contributed by atoms with E-state index < -0.39 is 0 Å². The average Bonchev–Trinajstić information content (AvgIpc) is 3.75. The molecule has 8 rings (SSSR count). The molecule has 8 aromatic rings. The Morgan fingerprint density at radius 3 is 1.54 bits per heavy atom. The predicted molar refractivity (Wildman–Crippen MR) is 218 cm³/mol. The number of nitrogen functional groups attached to an aromatic ring is 2. The lowest BCUT2D eigenvalue weighted by Crippen LogP contribution is -2.21. The highest BCUT2D eigenvalue weighted by atomic mass is 16.5. The van der Waals surface area contributed by atoms with Crippen LogP contribution in [-0.2, 0) is 11.1 Å². The molecule has 0 amide bonds. The summed E-state index contributed by atoms with van der Waals surface area (Å²) in [5, 5.41) is 1.71. The van der Waals surface area contributed by atoms with E-state index >= 15 is 0 Å². The Morgan fingerprint density at radius 1 is 0.481 bits per heavy atom. The number of rotatable bonds is 6. The molecule has 0 aliphatic rings. The summed E-state index contributed by atoms with van der Waals surface area (Å²) in [6.07, 6.45) is 7.20. The van der Waals surface area contributed by atoms with E-state index in [4.69, 9.17) is 20.9 Å². The minimum Gasteiger partial charge on any atom is -0.457 e.